The van der Waals surface area contributed by atoms with Crippen LogP contribution in [0.15, 0.2) is 0 Å². The smallest absolute Gasteiger partial charge is 0.224 e. The number of carbonyl (C=O) groups is 1. The Morgan fingerprint density at radius 3 is 2.47 bits per heavy atom. The monoisotopic (exact) mass is 271 g/mol. The standard InChI is InChI=1S/C14H29N3O2/c1-12(2)17(8-9-19-3)13(11-15)10-14(18)16-6-4-5-7-16/h12-13H,4-11,15H2,1-3H3. The predicted octanol–water partition coefficient (Wildman–Crippen LogP) is 0.683. The van der Waals surface area contributed by atoms with Gasteiger partial charge < -0.3 is 15.4 Å². The van der Waals surface area contributed by atoms with Crippen molar-refractivity contribution in [3.63, 3.8) is 0 Å². The second kappa shape index (κ2) is 8.51. The Morgan fingerprint density at radius 1 is 1.37 bits per heavy atom. The molecule has 0 bridgehead atoms. The van der Waals surface area contributed by atoms with Crippen molar-refractivity contribution in [1.29, 1.82) is 0 Å². The average Bonchev–Trinajstić information content (AvgIpc) is 2.91. The van der Waals surface area contributed by atoms with Crippen LogP contribution in [0.3, 0.4) is 0 Å². The highest BCUT2D eigenvalue weighted by molar-refractivity contribution is 5.77. The number of ether oxygens (including phenoxy) is 1. The van der Waals surface area contributed by atoms with E-state index in [-0.39, 0.29) is 11.9 Å². The molecule has 1 aliphatic heterocycles. The van der Waals surface area contributed by atoms with Gasteiger partial charge in [-0.2, -0.15) is 0 Å². The number of nitrogens with zero attached hydrogens (tertiary/aromatic N) is 2. The van der Waals surface area contributed by atoms with Gasteiger partial charge in [0.25, 0.3) is 0 Å². The maximum atomic E-state index is 12.2. The molecule has 1 unspecified atom stereocenters. The van der Waals surface area contributed by atoms with E-state index in [2.05, 4.69) is 18.7 Å². The molecule has 1 heterocycles. The Morgan fingerprint density at radius 2 is 2.00 bits per heavy atom. The molecule has 0 aliphatic carbocycles. The first kappa shape index (κ1) is 16.4. The van der Waals surface area contributed by atoms with E-state index in [0.29, 0.717) is 25.6 Å². The van der Waals surface area contributed by atoms with E-state index < -0.39 is 0 Å². The summed E-state index contributed by atoms with van der Waals surface area (Å²) in [7, 11) is 1.70. The van der Waals surface area contributed by atoms with Crippen molar-refractivity contribution in [1.82, 2.24) is 9.80 Å². The van der Waals surface area contributed by atoms with Gasteiger partial charge in [0.1, 0.15) is 0 Å². The fourth-order valence-corrected chi connectivity index (χ4v) is 2.69. The molecule has 0 radical (unpaired) electrons. The van der Waals surface area contributed by atoms with Crippen LogP contribution in [-0.2, 0) is 9.53 Å². The summed E-state index contributed by atoms with van der Waals surface area (Å²) in [6, 6.07) is 0.485. The molecule has 1 atom stereocenters. The van der Waals surface area contributed by atoms with Crippen LogP contribution in [-0.4, -0.2) is 67.7 Å². The number of likely N-dealkylation sites (tertiary alicyclic amines) is 1. The lowest BCUT2D eigenvalue weighted by Gasteiger charge is -2.34. The highest BCUT2D eigenvalue weighted by Crippen LogP contribution is 2.14. The maximum Gasteiger partial charge on any atom is 0.224 e. The van der Waals surface area contributed by atoms with Gasteiger partial charge in [-0.1, -0.05) is 0 Å². The zero-order valence-corrected chi connectivity index (χ0v) is 12.6. The molecule has 0 aromatic carbocycles. The summed E-state index contributed by atoms with van der Waals surface area (Å²) in [6.07, 6.45) is 2.80. The Hall–Kier alpha value is -0.650. The molecule has 0 saturated carbocycles. The molecule has 19 heavy (non-hydrogen) atoms. The largest absolute Gasteiger partial charge is 0.383 e. The topological polar surface area (TPSA) is 58.8 Å². The number of nitrogens with two attached hydrogens (primary N) is 1. The van der Waals surface area contributed by atoms with Crippen LogP contribution >= 0.6 is 0 Å². The third-order valence-corrected chi connectivity index (χ3v) is 3.83. The van der Waals surface area contributed by atoms with Gasteiger partial charge in [-0.05, 0) is 26.7 Å². The lowest BCUT2D eigenvalue weighted by Crippen LogP contribution is -2.48. The third kappa shape index (κ3) is 5.09. The Labute approximate surface area is 117 Å². The minimum atomic E-state index is 0.114. The Bertz CT molecular complexity index is 265. The summed E-state index contributed by atoms with van der Waals surface area (Å²) in [6.45, 7) is 8.11. The van der Waals surface area contributed by atoms with E-state index in [1.165, 1.54) is 0 Å². The molecule has 5 heteroatoms. The average molecular weight is 271 g/mol. The van der Waals surface area contributed by atoms with Crippen molar-refractivity contribution >= 4 is 5.91 Å². The van der Waals surface area contributed by atoms with Crippen molar-refractivity contribution in [2.24, 2.45) is 5.73 Å². The number of hydrogen-bond acceptors (Lipinski definition) is 4. The summed E-state index contributed by atoms with van der Waals surface area (Å²) < 4.78 is 5.14. The molecule has 112 valence electrons. The number of rotatable bonds is 8. The van der Waals surface area contributed by atoms with E-state index in [4.69, 9.17) is 10.5 Å². The molecule has 0 aromatic rings. The van der Waals surface area contributed by atoms with Crippen LogP contribution in [0.4, 0.5) is 0 Å². The molecule has 0 aromatic heterocycles. The van der Waals surface area contributed by atoms with E-state index in [9.17, 15) is 4.79 Å². The first-order chi connectivity index (χ1) is 9.10. The van der Waals surface area contributed by atoms with Crippen molar-refractivity contribution in [2.75, 3.05) is 39.9 Å². The molecule has 2 N–H and O–H groups in total. The molecule has 1 amide bonds. The molecule has 1 aliphatic rings. The number of amides is 1. The molecular weight excluding hydrogens is 242 g/mol. The van der Waals surface area contributed by atoms with Gasteiger partial charge in [-0.3, -0.25) is 9.69 Å². The molecule has 1 fully saturated rings. The fourth-order valence-electron chi connectivity index (χ4n) is 2.69. The summed E-state index contributed by atoms with van der Waals surface area (Å²) in [4.78, 5) is 16.5. The van der Waals surface area contributed by atoms with Gasteiger partial charge in [0.15, 0.2) is 0 Å². The van der Waals surface area contributed by atoms with Gasteiger partial charge in [0, 0.05) is 51.8 Å². The van der Waals surface area contributed by atoms with Crippen LogP contribution in [0.2, 0.25) is 0 Å². The Kier molecular flexibility index (Phi) is 7.34. The summed E-state index contributed by atoms with van der Waals surface area (Å²) in [5.41, 5.74) is 5.88. The summed E-state index contributed by atoms with van der Waals surface area (Å²) in [5, 5.41) is 0. The van der Waals surface area contributed by atoms with Crippen molar-refractivity contribution < 1.29 is 9.53 Å². The zero-order chi connectivity index (χ0) is 14.3. The van der Waals surface area contributed by atoms with Crippen molar-refractivity contribution in [3.8, 4) is 0 Å². The van der Waals surface area contributed by atoms with Crippen molar-refractivity contribution in [2.45, 2.75) is 45.2 Å². The van der Waals surface area contributed by atoms with E-state index in [0.717, 1.165) is 32.5 Å². The lowest BCUT2D eigenvalue weighted by molar-refractivity contribution is -0.131. The maximum absolute atomic E-state index is 12.2. The predicted molar refractivity (Wildman–Crippen MR) is 77.0 cm³/mol. The fraction of sp³-hybridized carbons (Fsp3) is 0.929. The van der Waals surface area contributed by atoms with Crippen LogP contribution < -0.4 is 5.73 Å². The van der Waals surface area contributed by atoms with Gasteiger partial charge in [0.05, 0.1) is 6.61 Å². The van der Waals surface area contributed by atoms with Crippen LogP contribution in [0.5, 0.6) is 0 Å². The highest BCUT2D eigenvalue weighted by atomic mass is 16.5. The summed E-state index contributed by atoms with van der Waals surface area (Å²) >= 11 is 0. The van der Waals surface area contributed by atoms with Crippen LogP contribution in [0.1, 0.15) is 33.1 Å². The molecular formula is C14H29N3O2. The molecule has 0 spiro atoms. The van der Waals surface area contributed by atoms with Gasteiger partial charge in [0.2, 0.25) is 5.91 Å². The Balaban J connectivity index is 2.54. The summed E-state index contributed by atoms with van der Waals surface area (Å²) in [5.74, 6) is 0.246. The van der Waals surface area contributed by atoms with Crippen molar-refractivity contribution in [3.05, 3.63) is 0 Å². The third-order valence-electron chi connectivity index (χ3n) is 3.83. The molecule has 5 nitrogen and oxygen atoms in total. The van der Waals surface area contributed by atoms with Gasteiger partial charge >= 0.3 is 0 Å². The van der Waals surface area contributed by atoms with Gasteiger partial charge in [-0.25, -0.2) is 0 Å². The van der Waals surface area contributed by atoms with E-state index >= 15 is 0 Å². The van der Waals surface area contributed by atoms with E-state index in [1.807, 2.05) is 4.90 Å². The SMILES string of the molecule is COCCN(C(C)C)C(CN)CC(=O)N1CCCC1. The quantitative estimate of drug-likeness (QED) is 0.705. The number of hydrogen-bond donors (Lipinski definition) is 1. The number of carbonyl (C=O) groups excluding carboxylic acids is 1. The molecule has 1 saturated heterocycles. The first-order valence-electron chi connectivity index (χ1n) is 7.32. The van der Waals surface area contributed by atoms with Gasteiger partial charge in [-0.15, -0.1) is 0 Å². The second-order valence-corrected chi connectivity index (χ2v) is 5.51. The second-order valence-electron chi connectivity index (χ2n) is 5.51. The zero-order valence-electron chi connectivity index (χ0n) is 12.6. The first-order valence-corrected chi connectivity index (χ1v) is 7.32. The van der Waals surface area contributed by atoms with E-state index in [1.54, 1.807) is 7.11 Å². The van der Waals surface area contributed by atoms with Crippen LogP contribution in [0, 0.1) is 0 Å². The highest BCUT2D eigenvalue weighted by Gasteiger charge is 2.26. The number of methoxy groups -OCH3 is 1. The minimum Gasteiger partial charge on any atom is -0.383 e. The lowest BCUT2D eigenvalue weighted by atomic mass is 10.1. The minimum absolute atomic E-state index is 0.114. The molecule has 1 rings (SSSR count). The normalized spacial score (nSPS) is 17.5. The van der Waals surface area contributed by atoms with Crippen LogP contribution in [0.25, 0.3) is 0 Å².